The molecule has 0 aliphatic heterocycles. The maximum Gasteiger partial charge on any atom is 0.293 e. The van der Waals surface area contributed by atoms with Crippen molar-refractivity contribution in [2.75, 3.05) is 5.32 Å². The number of nitro benzene ring substituents is 1. The van der Waals surface area contributed by atoms with Crippen LogP contribution in [-0.4, -0.2) is 11.0 Å². The molecule has 0 radical (unpaired) electrons. The second-order valence-corrected chi connectivity index (χ2v) is 5.87. The van der Waals surface area contributed by atoms with Crippen molar-refractivity contribution in [1.82, 2.24) is 0 Å². The van der Waals surface area contributed by atoms with Crippen LogP contribution >= 0.6 is 15.9 Å². The van der Waals surface area contributed by atoms with Gasteiger partial charge in [-0.3, -0.25) is 10.1 Å². The topological polar surface area (TPSA) is 55.2 Å². The first-order valence-corrected chi connectivity index (χ1v) is 7.18. The molecular weight excluding hydrogens is 315 g/mol. The molecule has 0 spiro atoms. The molecule has 4 nitrogen and oxygen atoms in total. The number of anilines is 1. The Kier molecular flexibility index (Phi) is 4.39. The Morgan fingerprint density at radius 3 is 2.68 bits per heavy atom. The summed E-state index contributed by atoms with van der Waals surface area (Å²) in [5.41, 5.74) is 0.156. The Bertz CT molecular complexity index is 490. The van der Waals surface area contributed by atoms with Gasteiger partial charge in [-0.1, -0.05) is 12.8 Å². The molecule has 19 heavy (non-hydrogen) atoms. The fraction of sp³-hybridized carbons (Fsp3) is 0.538. The van der Waals surface area contributed by atoms with Gasteiger partial charge >= 0.3 is 0 Å². The smallest absolute Gasteiger partial charge is 0.293 e. The highest BCUT2D eigenvalue weighted by atomic mass is 79.9. The van der Waals surface area contributed by atoms with Crippen LogP contribution in [0.2, 0.25) is 0 Å². The summed E-state index contributed by atoms with van der Waals surface area (Å²) < 4.78 is 13.7. The Balaban J connectivity index is 2.22. The van der Waals surface area contributed by atoms with Crippen LogP contribution in [0.4, 0.5) is 15.8 Å². The van der Waals surface area contributed by atoms with Crippen LogP contribution < -0.4 is 5.32 Å². The van der Waals surface area contributed by atoms with Crippen molar-refractivity contribution in [3.05, 3.63) is 32.5 Å². The first kappa shape index (κ1) is 14.2. The van der Waals surface area contributed by atoms with Gasteiger partial charge in [0.15, 0.2) is 0 Å². The van der Waals surface area contributed by atoms with E-state index in [9.17, 15) is 14.5 Å². The molecule has 0 aromatic heterocycles. The average molecular weight is 331 g/mol. The third-order valence-electron chi connectivity index (χ3n) is 3.73. The van der Waals surface area contributed by atoms with E-state index in [0.717, 1.165) is 12.8 Å². The van der Waals surface area contributed by atoms with Gasteiger partial charge in [0.25, 0.3) is 5.69 Å². The largest absolute Gasteiger partial charge is 0.377 e. The molecule has 1 atom stereocenters. The molecule has 2 rings (SSSR count). The van der Waals surface area contributed by atoms with Gasteiger partial charge in [0.1, 0.15) is 11.5 Å². The summed E-state index contributed by atoms with van der Waals surface area (Å²) in [7, 11) is 0. The Morgan fingerprint density at radius 2 is 2.11 bits per heavy atom. The molecule has 0 saturated heterocycles. The minimum atomic E-state index is -0.494. The van der Waals surface area contributed by atoms with E-state index in [2.05, 4.69) is 21.2 Å². The number of hydrogen-bond donors (Lipinski definition) is 1. The molecule has 6 heteroatoms. The first-order chi connectivity index (χ1) is 8.99. The number of nitrogens with one attached hydrogen (secondary N) is 1. The first-order valence-electron chi connectivity index (χ1n) is 6.39. The van der Waals surface area contributed by atoms with Crippen LogP contribution in [0.25, 0.3) is 0 Å². The predicted molar refractivity (Wildman–Crippen MR) is 75.8 cm³/mol. The molecule has 1 aliphatic carbocycles. The van der Waals surface area contributed by atoms with Gasteiger partial charge in [-0.05, 0) is 41.6 Å². The Morgan fingerprint density at radius 1 is 1.47 bits per heavy atom. The van der Waals surface area contributed by atoms with Crippen molar-refractivity contribution in [1.29, 1.82) is 0 Å². The predicted octanol–water partition coefficient (Wildman–Crippen LogP) is 4.49. The molecule has 1 N–H and O–H groups in total. The zero-order valence-electron chi connectivity index (χ0n) is 10.7. The van der Waals surface area contributed by atoms with Crippen molar-refractivity contribution in [3.8, 4) is 0 Å². The van der Waals surface area contributed by atoms with E-state index in [1.54, 1.807) is 0 Å². The van der Waals surface area contributed by atoms with E-state index in [1.807, 2.05) is 6.92 Å². The highest BCUT2D eigenvalue weighted by Gasteiger charge is 2.24. The minimum Gasteiger partial charge on any atom is -0.377 e. The number of halogens is 2. The summed E-state index contributed by atoms with van der Waals surface area (Å²) in [6.45, 7) is 2.00. The van der Waals surface area contributed by atoms with Crippen molar-refractivity contribution >= 4 is 27.3 Å². The lowest BCUT2D eigenvalue weighted by atomic mass is 9.99. The molecule has 1 saturated carbocycles. The lowest BCUT2D eigenvalue weighted by Crippen LogP contribution is -2.24. The summed E-state index contributed by atoms with van der Waals surface area (Å²) in [4.78, 5) is 10.5. The molecule has 1 unspecified atom stereocenters. The van der Waals surface area contributed by atoms with E-state index in [0.29, 0.717) is 5.92 Å². The highest BCUT2D eigenvalue weighted by molar-refractivity contribution is 9.10. The van der Waals surface area contributed by atoms with Crippen molar-refractivity contribution in [2.45, 2.75) is 38.6 Å². The lowest BCUT2D eigenvalue weighted by Gasteiger charge is -2.21. The highest BCUT2D eigenvalue weighted by Crippen LogP contribution is 2.34. The van der Waals surface area contributed by atoms with Crippen LogP contribution in [0.15, 0.2) is 16.6 Å². The normalized spacial score (nSPS) is 17.4. The molecule has 0 bridgehead atoms. The Labute approximate surface area is 119 Å². The SMILES string of the molecule is CC(Nc1cc(F)c(Br)cc1[N+](=O)[O-])C1CCCC1. The fourth-order valence-corrected chi connectivity index (χ4v) is 2.95. The molecular formula is C13H16BrFN2O2. The quantitative estimate of drug-likeness (QED) is 0.653. The van der Waals surface area contributed by atoms with Crippen LogP contribution in [0.3, 0.4) is 0 Å². The summed E-state index contributed by atoms with van der Waals surface area (Å²) in [5, 5.41) is 14.1. The summed E-state index contributed by atoms with van der Waals surface area (Å²) >= 11 is 2.97. The van der Waals surface area contributed by atoms with E-state index in [1.165, 1.54) is 25.0 Å². The van der Waals surface area contributed by atoms with Gasteiger partial charge in [-0.2, -0.15) is 0 Å². The molecule has 1 aromatic carbocycles. The van der Waals surface area contributed by atoms with Crippen LogP contribution in [0.5, 0.6) is 0 Å². The number of nitrogens with zero attached hydrogens (tertiary/aromatic N) is 1. The van der Waals surface area contributed by atoms with Gasteiger partial charge < -0.3 is 5.32 Å². The van der Waals surface area contributed by atoms with Crippen molar-refractivity contribution < 1.29 is 9.31 Å². The number of benzene rings is 1. The number of hydrogen-bond acceptors (Lipinski definition) is 3. The Hall–Kier alpha value is -1.17. The van der Waals surface area contributed by atoms with Crippen molar-refractivity contribution in [3.63, 3.8) is 0 Å². The molecule has 104 valence electrons. The van der Waals surface area contributed by atoms with E-state index in [-0.39, 0.29) is 21.9 Å². The van der Waals surface area contributed by atoms with Crippen molar-refractivity contribution in [2.24, 2.45) is 5.92 Å². The van der Waals surface area contributed by atoms with Gasteiger partial charge in [0.05, 0.1) is 9.40 Å². The van der Waals surface area contributed by atoms with Crippen LogP contribution in [0.1, 0.15) is 32.6 Å². The molecule has 1 aromatic rings. The zero-order valence-corrected chi connectivity index (χ0v) is 12.2. The monoisotopic (exact) mass is 330 g/mol. The van der Waals surface area contributed by atoms with Crippen LogP contribution in [0, 0.1) is 21.8 Å². The number of nitro groups is 1. The van der Waals surface area contributed by atoms with Gasteiger partial charge in [-0.25, -0.2) is 4.39 Å². The maximum atomic E-state index is 13.5. The average Bonchev–Trinajstić information content (AvgIpc) is 2.86. The van der Waals surface area contributed by atoms with Gasteiger partial charge in [0.2, 0.25) is 0 Å². The summed E-state index contributed by atoms with van der Waals surface area (Å²) in [6, 6.07) is 2.51. The zero-order chi connectivity index (χ0) is 14.0. The molecule has 0 heterocycles. The van der Waals surface area contributed by atoms with E-state index in [4.69, 9.17) is 0 Å². The van der Waals surface area contributed by atoms with E-state index >= 15 is 0 Å². The molecule has 1 aliphatic rings. The summed E-state index contributed by atoms with van der Waals surface area (Å²) in [6.07, 6.45) is 4.66. The van der Waals surface area contributed by atoms with Gasteiger partial charge in [-0.15, -0.1) is 0 Å². The summed E-state index contributed by atoms with van der Waals surface area (Å²) in [5.74, 6) is 0.0121. The fourth-order valence-electron chi connectivity index (χ4n) is 2.62. The second-order valence-electron chi connectivity index (χ2n) is 5.02. The molecule has 0 amide bonds. The van der Waals surface area contributed by atoms with Crippen LogP contribution in [-0.2, 0) is 0 Å². The standard InChI is InChI=1S/C13H16BrFN2O2/c1-8(9-4-2-3-5-9)16-12-7-11(15)10(14)6-13(12)17(18)19/h6-9,16H,2-5H2,1H3. The number of rotatable bonds is 4. The minimum absolute atomic E-state index is 0.0990. The maximum absolute atomic E-state index is 13.5. The lowest BCUT2D eigenvalue weighted by molar-refractivity contribution is -0.384. The van der Waals surface area contributed by atoms with E-state index < -0.39 is 10.7 Å². The van der Waals surface area contributed by atoms with Gasteiger partial charge in [0, 0.05) is 18.2 Å². The third-order valence-corrected chi connectivity index (χ3v) is 4.33. The molecule has 1 fully saturated rings. The third kappa shape index (κ3) is 3.23. The second kappa shape index (κ2) is 5.86.